The molecule has 112 valence electrons. The van der Waals surface area contributed by atoms with Gasteiger partial charge in [-0.2, -0.15) is 4.98 Å². The molecule has 2 aromatic rings. The van der Waals surface area contributed by atoms with Crippen molar-refractivity contribution >= 4 is 9.84 Å². The van der Waals surface area contributed by atoms with Gasteiger partial charge in [-0.1, -0.05) is 18.5 Å². The third-order valence-corrected chi connectivity index (χ3v) is 5.69. The Labute approximate surface area is 123 Å². The molecule has 1 fully saturated rings. The molecule has 0 aromatic carbocycles. The molecule has 0 N–H and O–H groups in total. The Morgan fingerprint density at radius 1 is 1.29 bits per heavy atom. The molecule has 0 atom stereocenters. The third kappa shape index (κ3) is 2.57. The van der Waals surface area contributed by atoms with Crippen LogP contribution in [-0.2, 0) is 21.0 Å². The fourth-order valence-electron chi connectivity index (χ4n) is 2.64. The predicted molar refractivity (Wildman–Crippen MR) is 76.3 cm³/mol. The Balaban J connectivity index is 1.92. The molecule has 21 heavy (non-hydrogen) atoms. The molecule has 1 saturated carbocycles. The summed E-state index contributed by atoms with van der Waals surface area (Å²) in [4.78, 5) is 8.37. The summed E-state index contributed by atoms with van der Waals surface area (Å²) < 4.78 is 28.4. The van der Waals surface area contributed by atoms with Gasteiger partial charge in [-0.15, -0.1) is 0 Å². The van der Waals surface area contributed by atoms with E-state index in [9.17, 15) is 8.42 Å². The molecule has 2 aromatic heterocycles. The predicted octanol–water partition coefficient (Wildman–Crippen LogP) is 1.87. The quantitative estimate of drug-likeness (QED) is 0.838. The highest BCUT2D eigenvalue weighted by molar-refractivity contribution is 7.90. The molecule has 0 aliphatic heterocycles. The van der Waals surface area contributed by atoms with Gasteiger partial charge >= 0.3 is 0 Å². The summed E-state index contributed by atoms with van der Waals surface area (Å²) in [5, 5.41) is 4.03. The summed E-state index contributed by atoms with van der Waals surface area (Å²) in [5.74, 6) is 0.636. The Kier molecular flexibility index (Phi) is 3.52. The second-order valence-electron chi connectivity index (χ2n) is 5.36. The first kappa shape index (κ1) is 14.2. The van der Waals surface area contributed by atoms with Gasteiger partial charge in [-0.05, 0) is 30.5 Å². The zero-order valence-corrected chi connectivity index (χ0v) is 12.6. The van der Waals surface area contributed by atoms with Crippen LogP contribution < -0.4 is 0 Å². The second-order valence-corrected chi connectivity index (χ2v) is 7.71. The van der Waals surface area contributed by atoms with Crippen LogP contribution in [0.3, 0.4) is 0 Å². The minimum absolute atomic E-state index is 0.0697. The van der Waals surface area contributed by atoms with E-state index in [0.29, 0.717) is 5.82 Å². The van der Waals surface area contributed by atoms with E-state index in [0.717, 1.165) is 24.8 Å². The fraction of sp³-hybridized carbons (Fsp3) is 0.500. The molecule has 0 spiro atoms. The highest BCUT2D eigenvalue weighted by Gasteiger charge is 2.44. The van der Waals surface area contributed by atoms with Crippen molar-refractivity contribution in [3.63, 3.8) is 0 Å². The molecule has 0 radical (unpaired) electrons. The van der Waals surface area contributed by atoms with Crippen molar-refractivity contribution in [2.75, 3.05) is 5.75 Å². The summed E-state index contributed by atoms with van der Waals surface area (Å²) in [7, 11) is -3.16. The number of hydrogen-bond donors (Lipinski definition) is 0. The third-order valence-electron chi connectivity index (χ3n) is 4.12. The van der Waals surface area contributed by atoms with E-state index in [1.54, 1.807) is 19.3 Å². The van der Waals surface area contributed by atoms with Crippen LogP contribution in [0.5, 0.6) is 0 Å². The zero-order valence-electron chi connectivity index (χ0n) is 11.8. The van der Waals surface area contributed by atoms with Crippen LogP contribution in [0.1, 0.15) is 43.5 Å². The van der Waals surface area contributed by atoms with Gasteiger partial charge in [-0.25, -0.2) is 8.42 Å². The highest BCUT2D eigenvalue weighted by atomic mass is 32.2. The minimum atomic E-state index is -3.16. The summed E-state index contributed by atoms with van der Waals surface area (Å²) in [6.45, 7) is 1.61. The molecular formula is C14H17N3O3S. The summed E-state index contributed by atoms with van der Waals surface area (Å²) in [6.07, 6.45) is 6.47. The molecule has 0 bridgehead atoms. The standard InChI is InChI=1S/C14H17N3O3S/c1-2-21(18,19)10-12-16-13(17-20-12)14(6-3-7-14)11-4-8-15-9-5-11/h4-5,8-9H,2-3,6-7,10H2,1H3. The van der Waals surface area contributed by atoms with E-state index >= 15 is 0 Å². The molecule has 7 heteroatoms. The van der Waals surface area contributed by atoms with E-state index in [1.807, 2.05) is 12.1 Å². The number of pyridine rings is 1. The van der Waals surface area contributed by atoms with Crippen LogP contribution in [0, 0.1) is 0 Å². The van der Waals surface area contributed by atoms with Crippen molar-refractivity contribution in [2.24, 2.45) is 0 Å². The molecule has 1 aliphatic rings. The van der Waals surface area contributed by atoms with Gasteiger partial charge in [0.05, 0.1) is 5.41 Å². The van der Waals surface area contributed by atoms with Gasteiger partial charge in [0, 0.05) is 18.1 Å². The van der Waals surface area contributed by atoms with E-state index in [-0.39, 0.29) is 22.8 Å². The first-order chi connectivity index (χ1) is 10.1. The molecule has 6 nitrogen and oxygen atoms in total. The maximum atomic E-state index is 11.6. The SMILES string of the molecule is CCS(=O)(=O)Cc1nc(C2(c3ccncc3)CCC2)no1. The number of hydrogen-bond acceptors (Lipinski definition) is 6. The largest absolute Gasteiger partial charge is 0.338 e. The molecule has 0 unspecified atom stereocenters. The highest BCUT2D eigenvalue weighted by Crippen LogP contribution is 2.47. The summed E-state index contributed by atoms with van der Waals surface area (Å²) in [5.41, 5.74) is 0.857. The van der Waals surface area contributed by atoms with E-state index in [1.165, 1.54) is 0 Å². The fourth-order valence-corrected chi connectivity index (χ4v) is 3.34. The first-order valence-electron chi connectivity index (χ1n) is 7.00. The van der Waals surface area contributed by atoms with E-state index in [2.05, 4.69) is 15.1 Å². The molecule has 1 aliphatic carbocycles. The van der Waals surface area contributed by atoms with Gasteiger partial charge in [-0.3, -0.25) is 4.98 Å². The molecular weight excluding hydrogens is 290 g/mol. The second kappa shape index (κ2) is 5.22. The van der Waals surface area contributed by atoms with E-state index < -0.39 is 9.84 Å². The van der Waals surface area contributed by atoms with Crippen molar-refractivity contribution in [3.8, 4) is 0 Å². The molecule has 0 amide bonds. The van der Waals surface area contributed by atoms with Crippen molar-refractivity contribution in [2.45, 2.75) is 37.4 Å². The monoisotopic (exact) mass is 307 g/mol. The summed E-state index contributed by atoms with van der Waals surface area (Å²) in [6, 6.07) is 3.91. The lowest BCUT2D eigenvalue weighted by molar-refractivity contribution is 0.271. The van der Waals surface area contributed by atoms with Crippen LogP contribution in [0.2, 0.25) is 0 Å². The Morgan fingerprint density at radius 2 is 2.00 bits per heavy atom. The lowest BCUT2D eigenvalue weighted by Gasteiger charge is -2.39. The summed E-state index contributed by atoms with van der Waals surface area (Å²) >= 11 is 0. The topological polar surface area (TPSA) is 86.0 Å². The Morgan fingerprint density at radius 3 is 2.57 bits per heavy atom. The van der Waals surface area contributed by atoms with Crippen LogP contribution in [0.15, 0.2) is 29.0 Å². The van der Waals surface area contributed by atoms with E-state index in [4.69, 9.17) is 4.52 Å². The molecule has 0 saturated heterocycles. The van der Waals surface area contributed by atoms with Gasteiger partial charge in [0.1, 0.15) is 5.75 Å². The lowest BCUT2D eigenvalue weighted by atomic mass is 9.64. The minimum Gasteiger partial charge on any atom is -0.338 e. The van der Waals surface area contributed by atoms with Crippen LogP contribution >= 0.6 is 0 Å². The average molecular weight is 307 g/mol. The number of nitrogens with zero attached hydrogens (tertiary/aromatic N) is 3. The molecule has 3 rings (SSSR count). The first-order valence-corrected chi connectivity index (χ1v) is 8.82. The van der Waals surface area contributed by atoms with Crippen molar-refractivity contribution in [1.82, 2.24) is 15.1 Å². The Hall–Kier alpha value is -1.76. The van der Waals surface area contributed by atoms with Crippen molar-refractivity contribution in [1.29, 1.82) is 0 Å². The van der Waals surface area contributed by atoms with Gasteiger partial charge in [0.15, 0.2) is 15.7 Å². The van der Waals surface area contributed by atoms with Gasteiger partial charge < -0.3 is 4.52 Å². The zero-order chi connectivity index (χ0) is 14.9. The van der Waals surface area contributed by atoms with Gasteiger partial charge in [0.25, 0.3) is 0 Å². The smallest absolute Gasteiger partial charge is 0.241 e. The van der Waals surface area contributed by atoms with Crippen LogP contribution in [-0.4, -0.2) is 29.3 Å². The van der Waals surface area contributed by atoms with Crippen molar-refractivity contribution in [3.05, 3.63) is 41.8 Å². The average Bonchev–Trinajstić information content (AvgIpc) is 2.87. The van der Waals surface area contributed by atoms with Crippen LogP contribution in [0.25, 0.3) is 0 Å². The number of sulfone groups is 1. The number of rotatable bonds is 5. The lowest BCUT2D eigenvalue weighted by Crippen LogP contribution is -2.36. The van der Waals surface area contributed by atoms with Crippen LogP contribution in [0.4, 0.5) is 0 Å². The molecule has 2 heterocycles. The van der Waals surface area contributed by atoms with Crippen molar-refractivity contribution < 1.29 is 12.9 Å². The maximum absolute atomic E-state index is 11.6. The Bertz CT molecular complexity index is 721. The number of aromatic nitrogens is 3. The van der Waals surface area contributed by atoms with Gasteiger partial charge in [0.2, 0.25) is 5.89 Å². The maximum Gasteiger partial charge on any atom is 0.241 e. The normalized spacial score (nSPS) is 17.4.